The summed E-state index contributed by atoms with van der Waals surface area (Å²) in [4.78, 5) is 13.2. The highest BCUT2D eigenvalue weighted by Gasteiger charge is 2.85. The monoisotopic (exact) mass is 466 g/mol. The van der Waals surface area contributed by atoms with E-state index < -0.39 is 41.8 Å². The van der Waals surface area contributed by atoms with Crippen molar-refractivity contribution in [3.05, 3.63) is 12.2 Å². The van der Waals surface area contributed by atoms with Crippen LogP contribution in [0.1, 0.15) is 73.1 Å². The Morgan fingerprint density at radius 3 is 2.67 bits per heavy atom. The Hall–Kier alpha value is -0.990. The molecule has 0 aromatic carbocycles. The van der Waals surface area contributed by atoms with Crippen LogP contribution in [0.15, 0.2) is 12.2 Å². The lowest BCUT2D eigenvalue weighted by atomic mass is 9.51. The molecule has 0 aromatic heterocycles. The fraction of sp³-hybridized carbons (Fsp3) is 0.885. The number of epoxide rings is 1. The van der Waals surface area contributed by atoms with Crippen LogP contribution in [0.3, 0.4) is 0 Å². The zero-order valence-corrected chi connectivity index (χ0v) is 20.8. The summed E-state index contributed by atoms with van der Waals surface area (Å²) >= 11 is 0. The molecule has 0 amide bonds. The SMILES string of the molecule is C=C1COC2(O)C1CC1(C)C(C)CCC(OC(=O)C(O)(CO)CC(C)CC(C)CC)C13OC23. The Bertz CT molecular complexity index is 800. The van der Waals surface area contributed by atoms with Gasteiger partial charge in [0.1, 0.15) is 17.8 Å². The van der Waals surface area contributed by atoms with Crippen molar-refractivity contribution in [1.29, 1.82) is 0 Å². The number of ether oxygens (including phenoxy) is 3. The summed E-state index contributed by atoms with van der Waals surface area (Å²) in [5.74, 6) is -1.67. The highest BCUT2D eigenvalue weighted by atomic mass is 16.7. The van der Waals surface area contributed by atoms with E-state index in [1.165, 1.54) is 0 Å². The van der Waals surface area contributed by atoms with Crippen molar-refractivity contribution < 1.29 is 34.3 Å². The molecule has 2 heterocycles. The normalized spacial score (nSPS) is 45.3. The van der Waals surface area contributed by atoms with E-state index in [2.05, 4.69) is 34.3 Å². The lowest BCUT2D eigenvalue weighted by molar-refractivity contribution is -0.234. The Labute approximate surface area is 197 Å². The van der Waals surface area contributed by atoms with E-state index in [0.717, 1.165) is 24.8 Å². The molecule has 4 rings (SSSR count). The van der Waals surface area contributed by atoms with E-state index in [0.29, 0.717) is 31.3 Å². The second-order valence-electron chi connectivity index (χ2n) is 11.8. The standard InChI is InChI=1S/C26H42O7/c1-7-15(2)10-16(3)11-24(29,14-27)22(28)32-20-9-8-18(5)23(6)12-19-17(4)13-31-26(19,30)21-25(20,23)33-21/h15-16,18-21,27,29-30H,4,7-14H2,1-3,5-6H3. The van der Waals surface area contributed by atoms with E-state index in [-0.39, 0.29) is 23.7 Å². The number of aliphatic hydroxyl groups excluding tert-OH is 1. The molecule has 2 aliphatic carbocycles. The molecule has 2 saturated heterocycles. The van der Waals surface area contributed by atoms with Gasteiger partial charge in [-0.15, -0.1) is 0 Å². The maximum atomic E-state index is 13.2. The maximum absolute atomic E-state index is 13.2. The zero-order chi connectivity index (χ0) is 24.4. The number of esters is 1. The van der Waals surface area contributed by atoms with Gasteiger partial charge in [-0.3, -0.25) is 0 Å². The number of carbonyl (C=O) groups excluding carboxylic acids is 1. The Morgan fingerprint density at radius 1 is 1.33 bits per heavy atom. The average molecular weight is 467 g/mol. The van der Waals surface area contributed by atoms with Crippen molar-refractivity contribution >= 4 is 5.97 Å². The van der Waals surface area contributed by atoms with E-state index in [1.807, 2.05) is 6.92 Å². The van der Waals surface area contributed by atoms with E-state index >= 15 is 0 Å². The number of rotatable bonds is 8. The molecule has 2 saturated carbocycles. The molecule has 0 radical (unpaired) electrons. The van der Waals surface area contributed by atoms with Crippen molar-refractivity contribution in [2.24, 2.45) is 29.1 Å². The van der Waals surface area contributed by atoms with E-state index in [1.54, 1.807) is 0 Å². The van der Waals surface area contributed by atoms with Gasteiger partial charge in [0.25, 0.3) is 0 Å². The average Bonchev–Trinajstić information content (AvgIpc) is 3.48. The van der Waals surface area contributed by atoms with Crippen LogP contribution >= 0.6 is 0 Å². The van der Waals surface area contributed by atoms with Crippen LogP contribution in [0.25, 0.3) is 0 Å². The molecule has 10 unspecified atom stereocenters. The second-order valence-corrected chi connectivity index (χ2v) is 11.8. The maximum Gasteiger partial charge on any atom is 0.340 e. The summed E-state index contributed by atoms with van der Waals surface area (Å²) in [7, 11) is 0. The number of aliphatic hydroxyl groups is 3. The molecule has 1 spiro atoms. The second kappa shape index (κ2) is 8.30. The molecule has 7 heteroatoms. The summed E-state index contributed by atoms with van der Waals surface area (Å²) in [5, 5.41) is 32.4. The predicted octanol–water partition coefficient (Wildman–Crippen LogP) is 2.95. The number of hydrogen-bond donors (Lipinski definition) is 3. The van der Waals surface area contributed by atoms with Crippen molar-refractivity contribution in [2.75, 3.05) is 13.2 Å². The van der Waals surface area contributed by atoms with Gasteiger partial charge in [-0.25, -0.2) is 4.79 Å². The molecular formula is C26H42O7. The topological polar surface area (TPSA) is 109 Å². The van der Waals surface area contributed by atoms with E-state index in [9.17, 15) is 20.1 Å². The van der Waals surface area contributed by atoms with Crippen molar-refractivity contribution in [1.82, 2.24) is 0 Å². The predicted molar refractivity (Wildman–Crippen MR) is 122 cm³/mol. The van der Waals surface area contributed by atoms with Crippen LogP contribution in [0.5, 0.6) is 0 Å². The highest BCUT2D eigenvalue weighted by Crippen LogP contribution is 2.72. The van der Waals surface area contributed by atoms with Crippen LogP contribution in [-0.2, 0) is 19.0 Å². The first-order chi connectivity index (χ1) is 15.4. The third-order valence-corrected chi connectivity index (χ3v) is 9.53. The van der Waals surface area contributed by atoms with Gasteiger partial charge in [0, 0.05) is 11.3 Å². The fourth-order valence-electron chi connectivity index (χ4n) is 7.07. The van der Waals surface area contributed by atoms with Crippen LogP contribution in [0, 0.1) is 29.1 Å². The van der Waals surface area contributed by atoms with Gasteiger partial charge in [0.05, 0.1) is 13.2 Å². The van der Waals surface area contributed by atoms with E-state index in [4.69, 9.17) is 14.2 Å². The Balaban J connectivity index is 1.55. The quantitative estimate of drug-likeness (QED) is 0.287. The van der Waals surface area contributed by atoms with Gasteiger partial charge in [0.2, 0.25) is 5.79 Å². The molecule has 3 N–H and O–H groups in total. The molecule has 4 aliphatic rings. The number of fused-ring (bicyclic) bond motifs is 2. The lowest BCUT2D eigenvalue weighted by Crippen LogP contribution is -2.64. The molecule has 10 atom stereocenters. The van der Waals surface area contributed by atoms with Gasteiger partial charge >= 0.3 is 5.97 Å². The third-order valence-electron chi connectivity index (χ3n) is 9.53. The molecule has 0 aromatic rings. The number of carbonyl (C=O) groups is 1. The van der Waals surface area contributed by atoms with Gasteiger partial charge < -0.3 is 29.5 Å². The highest BCUT2D eigenvalue weighted by molar-refractivity contribution is 5.79. The van der Waals surface area contributed by atoms with Gasteiger partial charge in [-0.05, 0) is 55.4 Å². The third kappa shape index (κ3) is 3.61. The minimum atomic E-state index is -1.96. The summed E-state index contributed by atoms with van der Waals surface area (Å²) in [5.41, 5.74) is -2.29. The lowest BCUT2D eigenvalue weighted by Gasteiger charge is -2.54. The first-order valence-electron chi connectivity index (χ1n) is 12.6. The summed E-state index contributed by atoms with van der Waals surface area (Å²) in [6, 6.07) is 0. The van der Waals surface area contributed by atoms with Crippen molar-refractivity contribution in [2.45, 2.75) is 102 Å². The van der Waals surface area contributed by atoms with Gasteiger partial charge in [-0.1, -0.05) is 47.6 Å². The largest absolute Gasteiger partial charge is 0.457 e. The first-order valence-corrected chi connectivity index (χ1v) is 12.6. The molecule has 7 nitrogen and oxygen atoms in total. The first kappa shape index (κ1) is 25.1. The van der Waals surface area contributed by atoms with Crippen LogP contribution in [0.2, 0.25) is 0 Å². The minimum absolute atomic E-state index is 0.0541. The summed E-state index contributed by atoms with van der Waals surface area (Å²) < 4.78 is 18.0. The number of hydrogen-bond acceptors (Lipinski definition) is 7. The smallest absolute Gasteiger partial charge is 0.340 e. The fourth-order valence-corrected chi connectivity index (χ4v) is 7.07. The van der Waals surface area contributed by atoms with Crippen LogP contribution in [0.4, 0.5) is 0 Å². The molecule has 4 fully saturated rings. The zero-order valence-electron chi connectivity index (χ0n) is 20.8. The minimum Gasteiger partial charge on any atom is -0.457 e. The van der Waals surface area contributed by atoms with Crippen LogP contribution in [-0.4, -0.2) is 63.7 Å². The Morgan fingerprint density at radius 2 is 2.03 bits per heavy atom. The van der Waals surface area contributed by atoms with Crippen molar-refractivity contribution in [3.8, 4) is 0 Å². The molecule has 2 aliphatic heterocycles. The van der Waals surface area contributed by atoms with Gasteiger partial charge in [0.15, 0.2) is 5.60 Å². The molecule has 33 heavy (non-hydrogen) atoms. The molecular weight excluding hydrogens is 424 g/mol. The summed E-state index contributed by atoms with van der Waals surface area (Å²) in [6.45, 7) is 14.3. The Kier molecular flexibility index (Phi) is 6.32. The van der Waals surface area contributed by atoms with Crippen molar-refractivity contribution in [3.63, 3.8) is 0 Å². The summed E-state index contributed by atoms with van der Waals surface area (Å²) in [6.07, 6.45) is 2.84. The van der Waals surface area contributed by atoms with Gasteiger partial charge in [-0.2, -0.15) is 0 Å². The van der Waals surface area contributed by atoms with Crippen LogP contribution < -0.4 is 0 Å². The molecule has 0 bridgehead atoms. The molecule has 188 valence electrons.